The molecule has 0 aromatic heterocycles. The summed E-state index contributed by atoms with van der Waals surface area (Å²) in [5.74, 6) is -1.93. The van der Waals surface area contributed by atoms with E-state index in [0.29, 0.717) is 0 Å². The number of hydrogen-bond acceptors (Lipinski definition) is 6. The van der Waals surface area contributed by atoms with Crippen LogP contribution in [-0.4, -0.2) is 47.1 Å². The van der Waals surface area contributed by atoms with Gasteiger partial charge in [-0.15, -0.1) is 0 Å². The largest absolute Gasteiger partial charge is 0.394 e. The Labute approximate surface area is 96.5 Å². The summed E-state index contributed by atoms with van der Waals surface area (Å²) >= 11 is 0. The van der Waals surface area contributed by atoms with Crippen LogP contribution in [0, 0.1) is 0 Å². The Morgan fingerprint density at radius 1 is 1.12 bits per heavy atom. The van der Waals surface area contributed by atoms with Crippen molar-refractivity contribution in [2.75, 3.05) is 19.8 Å². The molecule has 0 rings (SSSR count). The zero-order valence-electron chi connectivity index (χ0n) is 10.5. The molecule has 0 fully saturated rings. The van der Waals surface area contributed by atoms with Crippen molar-refractivity contribution >= 4 is 0 Å². The Balaban J connectivity index is 4.34. The lowest BCUT2D eigenvalue weighted by Gasteiger charge is -2.42. The quantitative estimate of drug-likeness (QED) is 0.338. The van der Waals surface area contributed by atoms with E-state index in [9.17, 15) is 5.11 Å². The first-order valence-electron chi connectivity index (χ1n) is 5.21. The minimum atomic E-state index is -1.93. The van der Waals surface area contributed by atoms with Crippen LogP contribution in [-0.2, 0) is 9.47 Å². The topological polar surface area (TPSA) is 111 Å². The fourth-order valence-electron chi connectivity index (χ4n) is 1.18. The first-order valence-corrected chi connectivity index (χ1v) is 5.21. The summed E-state index contributed by atoms with van der Waals surface area (Å²) < 4.78 is 10.8. The Bertz CT molecular complexity index is 211. The molecule has 0 saturated heterocycles. The standard InChI is InChI=1S/C10H24N2O4/c1-8(2,7-15-6-5-13)16-9(3,4)10(11,12)14/h13-14H,5-7,11-12H2,1-4H3. The van der Waals surface area contributed by atoms with E-state index < -0.39 is 17.1 Å². The first-order chi connectivity index (χ1) is 7.02. The third-order valence-corrected chi connectivity index (χ3v) is 2.18. The van der Waals surface area contributed by atoms with Gasteiger partial charge in [0.2, 0.25) is 0 Å². The van der Waals surface area contributed by atoms with Crippen molar-refractivity contribution in [3.63, 3.8) is 0 Å². The van der Waals surface area contributed by atoms with E-state index in [4.69, 9.17) is 26.0 Å². The molecule has 0 atom stereocenters. The highest BCUT2D eigenvalue weighted by molar-refractivity contribution is 4.88. The van der Waals surface area contributed by atoms with Gasteiger partial charge in [-0.1, -0.05) is 0 Å². The molecule has 98 valence electrons. The maximum Gasteiger partial charge on any atom is 0.196 e. The van der Waals surface area contributed by atoms with Crippen molar-refractivity contribution in [1.82, 2.24) is 0 Å². The molecule has 0 amide bonds. The highest BCUT2D eigenvalue weighted by Crippen LogP contribution is 2.25. The normalized spacial score (nSPS) is 14.2. The van der Waals surface area contributed by atoms with Gasteiger partial charge >= 0.3 is 0 Å². The van der Waals surface area contributed by atoms with Crippen LogP contribution in [0.1, 0.15) is 27.7 Å². The fraction of sp³-hybridized carbons (Fsp3) is 1.00. The minimum Gasteiger partial charge on any atom is -0.394 e. The van der Waals surface area contributed by atoms with E-state index >= 15 is 0 Å². The summed E-state index contributed by atoms with van der Waals surface area (Å²) in [5, 5.41) is 18.1. The summed E-state index contributed by atoms with van der Waals surface area (Å²) in [6.45, 7) is 7.24. The Kier molecular flexibility index (Phi) is 5.31. The average molecular weight is 236 g/mol. The second-order valence-electron chi connectivity index (χ2n) is 4.97. The summed E-state index contributed by atoms with van der Waals surface area (Å²) in [7, 11) is 0. The average Bonchev–Trinajstić information content (AvgIpc) is 1.99. The van der Waals surface area contributed by atoms with E-state index in [0.717, 1.165) is 0 Å². The molecular formula is C10H24N2O4. The molecule has 0 aliphatic carbocycles. The smallest absolute Gasteiger partial charge is 0.196 e. The molecule has 0 heterocycles. The van der Waals surface area contributed by atoms with Gasteiger partial charge in [0.1, 0.15) is 5.60 Å². The second kappa shape index (κ2) is 5.39. The summed E-state index contributed by atoms with van der Waals surface area (Å²) in [5.41, 5.74) is 9.03. The summed E-state index contributed by atoms with van der Waals surface area (Å²) in [6, 6.07) is 0. The van der Waals surface area contributed by atoms with E-state index in [1.165, 1.54) is 0 Å². The molecule has 6 heteroatoms. The van der Waals surface area contributed by atoms with E-state index in [-0.39, 0.29) is 19.8 Å². The molecule has 0 unspecified atom stereocenters. The van der Waals surface area contributed by atoms with Gasteiger partial charge < -0.3 is 19.7 Å². The number of rotatable bonds is 7. The number of aliphatic hydroxyl groups is 2. The molecule has 0 radical (unpaired) electrons. The molecule has 6 nitrogen and oxygen atoms in total. The monoisotopic (exact) mass is 236 g/mol. The molecule has 0 spiro atoms. The van der Waals surface area contributed by atoms with E-state index in [1.807, 2.05) is 0 Å². The zero-order valence-corrected chi connectivity index (χ0v) is 10.5. The van der Waals surface area contributed by atoms with Crippen molar-refractivity contribution < 1.29 is 19.7 Å². The summed E-state index contributed by atoms with van der Waals surface area (Å²) in [4.78, 5) is 0. The molecule has 6 N–H and O–H groups in total. The third kappa shape index (κ3) is 5.20. The first kappa shape index (κ1) is 15.8. The maximum absolute atomic E-state index is 9.53. The van der Waals surface area contributed by atoms with Crippen LogP contribution in [0.4, 0.5) is 0 Å². The fourth-order valence-corrected chi connectivity index (χ4v) is 1.18. The van der Waals surface area contributed by atoms with Crippen molar-refractivity contribution in [2.24, 2.45) is 11.5 Å². The van der Waals surface area contributed by atoms with Crippen LogP contribution in [0.25, 0.3) is 0 Å². The molecule has 0 aliphatic rings. The molecule has 0 bridgehead atoms. The molecule has 16 heavy (non-hydrogen) atoms. The van der Waals surface area contributed by atoms with Gasteiger partial charge in [-0.3, -0.25) is 11.5 Å². The zero-order chi connectivity index (χ0) is 13.0. The lowest BCUT2D eigenvalue weighted by atomic mass is 10.0. The number of nitrogens with two attached hydrogens (primary N) is 2. The lowest BCUT2D eigenvalue weighted by molar-refractivity contribution is -0.224. The second-order valence-corrected chi connectivity index (χ2v) is 4.97. The van der Waals surface area contributed by atoms with Crippen molar-refractivity contribution in [3.05, 3.63) is 0 Å². The molecule has 0 aliphatic heterocycles. The molecule has 0 aromatic carbocycles. The van der Waals surface area contributed by atoms with Gasteiger partial charge in [-0.05, 0) is 27.7 Å². The summed E-state index contributed by atoms with van der Waals surface area (Å²) in [6.07, 6.45) is 0. The molecule has 0 saturated carbocycles. The van der Waals surface area contributed by atoms with Gasteiger partial charge in [-0.25, -0.2) is 0 Å². The highest BCUT2D eigenvalue weighted by atomic mass is 16.6. The van der Waals surface area contributed by atoms with Crippen molar-refractivity contribution in [3.8, 4) is 0 Å². The van der Waals surface area contributed by atoms with Gasteiger partial charge in [0.15, 0.2) is 5.85 Å². The SMILES string of the molecule is CC(C)(COCCO)OC(C)(C)C(N)(N)O. The highest BCUT2D eigenvalue weighted by Gasteiger charge is 2.42. The number of ether oxygens (including phenoxy) is 2. The van der Waals surface area contributed by atoms with Crippen LogP contribution < -0.4 is 11.5 Å². The minimum absolute atomic E-state index is 0.0445. The Morgan fingerprint density at radius 3 is 2.00 bits per heavy atom. The van der Waals surface area contributed by atoms with Crippen molar-refractivity contribution in [1.29, 1.82) is 0 Å². The van der Waals surface area contributed by atoms with Crippen LogP contribution in [0.5, 0.6) is 0 Å². The van der Waals surface area contributed by atoms with Gasteiger partial charge in [0.25, 0.3) is 0 Å². The molecule has 0 aromatic rings. The van der Waals surface area contributed by atoms with Gasteiger partial charge in [0, 0.05) is 0 Å². The number of aliphatic hydroxyl groups excluding tert-OH is 1. The van der Waals surface area contributed by atoms with Crippen LogP contribution in [0.2, 0.25) is 0 Å². The predicted molar refractivity (Wildman–Crippen MR) is 60.5 cm³/mol. The van der Waals surface area contributed by atoms with Crippen LogP contribution in [0.15, 0.2) is 0 Å². The Morgan fingerprint density at radius 2 is 1.62 bits per heavy atom. The Hall–Kier alpha value is -0.240. The maximum atomic E-state index is 9.53. The van der Waals surface area contributed by atoms with E-state index in [1.54, 1.807) is 27.7 Å². The number of hydrogen-bond donors (Lipinski definition) is 4. The predicted octanol–water partition coefficient (Wildman–Crippen LogP) is -0.867. The van der Waals surface area contributed by atoms with Gasteiger partial charge in [0.05, 0.1) is 25.4 Å². The van der Waals surface area contributed by atoms with Gasteiger partial charge in [-0.2, -0.15) is 0 Å². The van der Waals surface area contributed by atoms with E-state index in [2.05, 4.69) is 0 Å². The van der Waals surface area contributed by atoms with Crippen LogP contribution >= 0.6 is 0 Å². The van der Waals surface area contributed by atoms with Crippen LogP contribution in [0.3, 0.4) is 0 Å². The third-order valence-electron chi connectivity index (χ3n) is 2.18. The molecular weight excluding hydrogens is 212 g/mol. The van der Waals surface area contributed by atoms with Crippen molar-refractivity contribution in [2.45, 2.75) is 44.7 Å². The lowest BCUT2D eigenvalue weighted by Crippen LogP contribution is -2.67.